The predicted octanol–water partition coefficient (Wildman–Crippen LogP) is 1.93. The lowest BCUT2D eigenvalue weighted by molar-refractivity contribution is 0.452. The zero-order valence-corrected chi connectivity index (χ0v) is 11.2. The summed E-state index contributed by atoms with van der Waals surface area (Å²) in [5.74, 6) is 1.02. The van der Waals surface area contributed by atoms with E-state index in [1.54, 1.807) is 0 Å². The van der Waals surface area contributed by atoms with Crippen molar-refractivity contribution in [3.05, 3.63) is 36.2 Å². The normalized spacial score (nSPS) is 17.0. The van der Waals surface area contributed by atoms with Gasteiger partial charge in [0.25, 0.3) is 0 Å². The summed E-state index contributed by atoms with van der Waals surface area (Å²) in [6.07, 6.45) is 4.34. The van der Waals surface area contributed by atoms with Crippen LogP contribution in [0.2, 0.25) is 0 Å². The van der Waals surface area contributed by atoms with Gasteiger partial charge in [0, 0.05) is 12.1 Å². The minimum atomic E-state index is 0.490. The molecule has 0 spiro atoms. The van der Waals surface area contributed by atoms with Gasteiger partial charge in [0.2, 0.25) is 0 Å². The Bertz CT molecular complexity index is 770. The molecule has 3 N–H and O–H groups in total. The molecule has 3 aromatic rings. The van der Waals surface area contributed by atoms with E-state index in [9.17, 15) is 0 Å². The smallest absolute Gasteiger partial charge is 0.180 e. The van der Waals surface area contributed by atoms with Gasteiger partial charge in [-0.3, -0.25) is 4.40 Å². The number of aromatic nitrogens is 3. The number of hydrogen-bond donors (Lipinski definition) is 2. The van der Waals surface area contributed by atoms with Crippen molar-refractivity contribution in [2.75, 3.05) is 18.8 Å². The molecule has 20 heavy (non-hydrogen) atoms. The van der Waals surface area contributed by atoms with Crippen LogP contribution in [0.3, 0.4) is 0 Å². The van der Waals surface area contributed by atoms with Crippen molar-refractivity contribution in [1.29, 1.82) is 0 Å². The van der Waals surface area contributed by atoms with Gasteiger partial charge in [-0.15, -0.1) is 0 Å². The van der Waals surface area contributed by atoms with Crippen molar-refractivity contribution in [1.82, 2.24) is 19.7 Å². The average Bonchev–Trinajstić information content (AvgIpc) is 2.88. The number of nitrogens with two attached hydrogens (primary N) is 1. The van der Waals surface area contributed by atoms with Crippen LogP contribution in [-0.2, 0) is 0 Å². The third kappa shape index (κ3) is 1.74. The largest absolute Gasteiger partial charge is 0.381 e. The van der Waals surface area contributed by atoms with Crippen LogP contribution >= 0.6 is 0 Å². The first-order valence-corrected chi connectivity index (χ1v) is 7.07. The third-order valence-corrected chi connectivity index (χ3v) is 4.09. The first kappa shape index (κ1) is 11.7. The van der Waals surface area contributed by atoms with Gasteiger partial charge in [-0.2, -0.15) is 0 Å². The number of nitrogens with zero attached hydrogens (tertiary/aromatic N) is 3. The Kier molecular flexibility index (Phi) is 2.60. The fourth-order valence-corrected chi connectivity index (χ4v) is 3.02. The number of hydrogen-bond acceptors (Lipinski definition) is 4. The molecule has 0 amide bonds. The molecule has 0 aliphatic carbocycles. The highest BCUT2D eigenvalue weighted by Crippen LogP contribution is 2.27. The molecule has 4 rings (SSSR count). The Hall–Kier alpha value is -2.14. The highest BCUT2D eigenvalue weighted by molar-refractivity contribution is 5.83. The van der Waals surface area contributed by atoms with Gasteiger partial charge in [-0.05, 0) is 38.1 Å². The first-order valence-electron chi connectivity index (χ1n) is 7.07. The van der Waals surface area contributed by atoms with Crippen LogP contribution in [0.5, 0.6) is 0 Å². The van der Waals surface area contributed by atoms with Crippen LogP contribution in [0.25, 0.3) is 16.7 Å². The summed E-state index contributed by atoms with van der Waals surface area (Å²) >= 11 is 0. The van der Waals surface area contributed by atoms with Gasteiger partial charge in [-0.1, -0.05) is 12.1 Å². The molecule has 1 aromatic carbocycles. The maximum absolute atomic E-state index is 6.12. The van der Waals surface area contributed by atoms with Crippen LogP contribution in [0.1, 0.15) is 24.5 Å². The van der Waals surface area contributed by atoms with Gasteiger partial charge >= 0.3 is 0 Å². The van der Waals surface area contributed by atoms with Crippen molar-refractivity contribution < 1.29 is 0 Å². The van der Waals surface area contributed by atoms with Crippen molar-refractivity contribution in [2.24, 2.45) is 0 Å². The summed E-state index contributed by atoms with van der Waals surface area (Å²) < 4.78 is 2.08. The lowest BCUT2D eigenvalue weighted by Gasteiger charge is -2.22. The molecule has 102 valence electrons. The molecule has 1 saturated heterocycles. The Morgan fingerprint density at radius 1 is 1.15 bits per heavy atom. The SMILES string of the molecule is Nc1nc(C2CCNCC2)cn2c1nc1ccccc12. The molecular weight excluding hydrogens is 250 g/mol. The molecule has 3 heterocycles. The van der Waals surface area contributed by atoms with Gasteiger partial charge < -0.3 is 11.1 Å². The van der Waals surface area contributed by atoms with Gasteiger partial charge in [0.1, 0.15) is 0 Å². The van der Waals surface area contributed by atoms with E-state index < -0.39 is 0 Å². The number of anilines is 1. The third-order valence-electron chi connectivity index (χ3n) is 4.09. The van der Waals surface area contributed by atoms with Crippen molar-refractivity contribution in [3.8, 4) is 0 Å². The van der Waals surface area contributed by atoms with Crippen LogP contribution in [0.15, 0.2) is 30.5 Å². The van der Waals surface area contributed by atoms with Crippen molar-refractivity contribution in [2.45, 2.75) is 18.8 Å². The molecule has 0 radical (unpaired) electrons. The van der Waals surface area contributed by atoms with E-state index in [2.05, 4.69) is 31.9 Å². The number of para-hydroxylation sites is 2. The maximum Gasteiger partial charge on any atom is 0.180 e. The lowest BCUT2D eigenvalue weighted by Crippen LogP contribution is -2.27. The monoisotopic (exact) mass is 267 g/mol. The minimum Gasteiger partial charge on any atom is -0.381 e. The van der Waals surface area contributed by atoms with E-state index in [4.69, 9.17) is 5.73 Å². The second-order valence-electron chi connectivity index (χ2n) is 5.37. The van der Waals surface area contributed by atoms with E-state index in [1.807, 2.05) is 18.2 Å². The van der Waals surface area contributed by atoms with Gasteiger partial charge in [0.15, 0.2) is 11.5 Å². The van der Waals surface area contributed by atoms with Crippen LogP contribution < -0.4 is 11.1 Å². The number of benzene rings is 1. The van der Waals surface area contributed by atoms with Gasteiger partial charge in [-0.25, -0.2) is 9.97 Å². The average molecular weight is 267 g/mol. The van der Waals surface area contributed by atoms with E-state index in [0.29, 0.717) is 11.7 Å². The van der Waals surface area contributed by atoms with Crippen molar-refractivity contribution >= 4 is 22.5 Å². The molecule has 0 unspecified atom stereocenters. The number of rotatable bonds is 1. The van der Waals surface area contributed by atoms with Gasteiger partial charge in [0.05, 0.1) is 16.7 Å². The molecular formula is C15H17N5. The molecule has 1 aliphatic rings. The molecule has 0 bridgehead atoms. The topological polar surface area (TPSA) is 68.2 Å². The highest BCUT2D eigenvalue weighted by atomic mass is 15.1. The quantitative estimate of drug-likeness (QED) is 0.707. The van der Waals surface area contributed by atoms with Crippen molar-refractivity contribution in [3.63, 3.8) is 0 Å². The molecule has 1 fully saturated rings. The summed E-state index contributed by atoms with van der Waals surface area (Å²) in [5.41, 5.74) is 10.0. The van der Waals surface area contributed by atoms with E-state index in [-0.39, 0.29) is 0 Å². The second kappa shape index (κ2) is 4.45. The summed E-state index contributed by atoms with van der Waals surface area (Å²) in [4.78, 5) is 9.15. The molecule has 0 atom stereocenters. The Balaban J connectivity index is 1.93. The van der Waals surface area contributed by atoms with E-state index >= 15 is 0 Å². The predicted molar refractivity (Wildman–Crippen MR) is 79.8 cm³/mol. The molecule has 2 aromatic heterocycles. The minimum absolute atomic E-state index is 0.490. The fourth-order valence-electron chi connectivity index (χ4n) is 3.02. The standard InChI is InChI=1S/C15H17N5/c16-14-15-19-11-3-1-2-4-13(11)20(15)9-12(18-14)10-5-7-17-8-6-10/h1-4,9-10,17H,5-8H2,(H2,16,18). The summed E-state index contributed by atoms with van der Waals surface area (Å²) in [6.45, 7) is 2.10. The van der Waals surface area contributed by atoms with Crippen LogP contribution in [-0.4, -0.2) is 27.5 Å². The Morgan fingerprint density at radius 3 is 2.80 bits per heavy atom. The molecule has 5 nitrogen and oxygen atoms in total. The summed E-state index contributed by atoms with van der Waals surface area (Å²) in [5, 5.41) is 3.38. The second-order valence-corrected chi connectivity index (χ2v) is 5.37. The molecule has 5 heteroatoms. The molecule has 0 saturated carbocycles. The number of imidazole rings is 1. The lowest BCUT2D eigenvalue weighted by atomic mass is 9.95. The maximum atomic E-state index is 6.12. The highest BCUT2D eigenvalue weighted by Gasteiger charge is 2.19. The Morgan fingerprint density at radius 2 is 1.95 bits per heavy atom. The summed E-state index contributed by atoms with van der Waals surface area (Å²) in [6, 6.07) is 8.09. The first-order chi connectivity index (χ1) is 9.83. The number of fused-ring (bicyclic) bond motifs is 3. The van der Waals surface area contributed by atoms with Crippen LogP contribution in [0, 0.1) is 0 Å². The summed E-state index contributed by atoms with van der Waals surface area (Å²) in [7, 11) is 0. The van der Waals surface area contributed by atoms with E-state index in [0.717, 1.165) is 48.3 Å². The number of nitrogen functional groups attached to an aromatic ring is 1. The molecule has 1 aliphatic heterocycles. The number of nitrogens with one attached hydrogen (secondary N) is 1. The number of piperidine rings is 1. The zero-order chi connectivity index (χ0) is 13.5. The fraction of sp³-hybridized carbons (Fsp3) is 0.333. The Labute approximate surface area is 116 Å². The zero-order valence-electron chi connectivity index (χ0n) is 11.2. The van der Waals surface area contributed by atoms with Crippen LogP contribution in [0.4, 0.5) is 5.82 Å². The van der Waals surface area contributed by atoms with E-state index in [1.165, 1.54) is 0 Å².